The van der Waals surface area contributed by atoms with E-state index in [0.29, 0.717) is 12.2 Å². The molecule has 5 nitrogen and oxygen atoms in total. The van der Waals surface area contributed by atoms with Crippen molar-refractivity contribution in [3.8, 4) is 0 Å². The van der Waals surface area contributed by atoms with Crippen LogP contribution in [0.2, 0.25) is 5.02 Å². The summed E-state index contributed by atoms with van der Waals surface area (Å²) in [7, 11) is 0. The van der Waals surface area contributed by atoms with Crippen molar-refractivity contribution >= 4 is 39.7 Å². The number of nitrogens with one attached hydrogen (secondary N) is 1. The molecule has 0 aliphatic carbocycles. The summed E-state index contributed by atoms with van der Waals surface area (Å²) in [4.78, 5) is 21.5. The first-order valence-electron chi connectivity index (χ1n) is 9.22. The van der Waals surface area contributed by atoms with Gasteiger partial charge in [0, 0.05) is 48.8 Å². The van der Waals surface area contributed by atoms with Crippen LogP contribution >= 0.6 is 22.9 Å². The van der Waals surface area contributed by atoms with Crippen LogP contribution in [0.15, 0.2) is 60.0 Å². The van der Waals surface area contributed by atoms with Crippen molar-refractivity contribution in [2.75, 3.05) is 36.0 Å². The van der Waals surface area contributed by atoms with Crippen LogP contribution in [0.4, 0.5) is 10.8 Å². The molecule has 28 heavy (non-hydrogen) atoms. The van der Waals surface area contributed by atoms with Gasteiger partial charge in [-0.25, -0.2) is 4.98 Å². The van der Waals surface area contributed by atoms with E-state index in [1.165, 1.54) is 17.0 Å². The lowest BCUT2D eigenvalue weighted by atomic mass is 10.2. The van der Waals surface area contributed by atoms with Gasteiger partial charge in [-0.15, -0.1) is 11.3 Å². The second kappa shape index (κ2) is 8.63. The molecule has 0 atom stereocenters. The minimum atomic E-state index is -0.133. The maximum atomic E-state index is 12.4. The molecule has 1 fully saturated rings. The zero-order valence-electron chi connectivity index (χ0n) is 15.3. The van der Waals surface area contributed by atoms with Gasteiger partial charge in [-0.2, -0.15) is 0 Å². The van der Waals surface area contributed by atoms with E-state index in [1.807, 2.05) is 47.8 Å². The highest BCUT2D eigenvalue weighted by atomic mass is 35.5. The minimum absolute atomic E-state index is 0.133. The summed E-state index contributed by atoms with van der Waals surface area (Å²) < 4.78 is 0. The van der Waals surface area contributed by atoms with Gasteiger partial charge in [-0.1, -0.05) is 41.9 Å². The van der Waals surface area contributed by atoms with Crippen molar-refractivity contribution in [2.24, 2.45) is 0 Å². The number of amides is 1. The first-order valence-corrected chi connectivity index (χ1v) is 10.5. The normalized spacial score (nSPS) is 14.2. The Kier molecular flexibility index (Phi) is 5.78. The Hall–Kier alpha value is -2.57. The molecular formula is C21H21ClN4OS. The summed E-state index contributed by atoms with van der Waals surface area (Å²) in [6, 6.07) is 17.8. The second-order valence-electron chi connectivity index (χ2n) is 6.63. The van der Waals surface area contributed by atoms with Crippen molar-refractivity contribution in [1.82, 2.24) is 10.3 Å². The third kappa shape index (κ3) is 4.46. The van der Waals surface area contributed by atoms with E-state index in [-0.39, 0.29) is 5.91 Å². The van der Waals surface area contributed by atoms with Gasteiger partial charge >= 0.3 is 0 Å². The number of halogens is 1. The molecule has 1 aliphatic heterocycles. The minimum Gasteiger partial charge on any atom is -0.368 e. The van der Waals surface area contributed by atoms with Crippen LogP contribution in [0, 0.1) is 0 Å². The van der Waals surface area contributed by atoms with Crippen LogP contribution in [-0.2, 0) is 6.54 Å². The van der Waals surface area contributed by atoms with Gasteiger partial charge in [-0.3, -0.25) is 4.79 Å². The molecule has 144 valence electrons. The maximum Gasteiger partial charge on any atom is 0.271 e. The number of carbonyl (C=O) groups excluding carboxylic acids is 1. The third-order valence-corrected chi connectivity index (χ3v) is 5.92. The van der Waals surface area contributed by atoms with E-state index in [0.717, 1.165) is 41.9 Å². The predicted molar refractivity (Wildman–Crippen MR) is 116 cm³/mol. The molecule has 2 heterocycles. The average Bonchev–Trinajstić information content (AvgIpc) is 3.24. The zero-order chi connectivity index (χ0) is 19.3. The molecular weight excluding hydrogens is 392 g/mol. The lowest BCUT2D eigenvalue weighted by Crippen LogP contribution is -2.46. The summed E-state index contributed by atoms with van der Waals surface area (Å²) in [6.45, 7) is 4.09. The van der Waals surface area contributed by atoms with Crippen LogP contribution in [0.1, 0.15) is 16.1 Å². The highest BCUT2D eigenvalue weighted by Crippen LogP contribution is 2.24. The Morgan fingerprint density at radius 1 is 1.00 bits per heavy atom. The molecule has 7 heteroatoms. The van der Waals surface area contributed by atoms with Gasteiger partial charge in [0.15, 0.2) is 5.13 Å². The Morgan fingerprint density at radius 3 is 2.39 bits per heavy atom. The smallest absolute Gasteiger partial charge is 0.271 e. The Balaban J connectivity index is 1.32. The number of nitrogens with zero attached hydrogens (tertiary/aromatic N) is 3. The molecule has 1 N–H and O–H groups in total. The highest BCUT2D eigenvalue weighted by Gasteiger charge is 2.21. The predicted octanol–water partition coefficient (Wildman–Crippen LogP) is 4.05. The van der Waals surface area contributed by atoms with Gasteiger partial charge in [0.2, 0.25) is 0 Å². The summed E-state index contributed by atoms with van der Waals surface area (Å²) in [6.07, 6.45) is 0. The molecule has 0 unspecified atom stereocenters. The molecule has 1 aromatic heterocycles. The van der Waals surface area contributed by atoms with Crippen LogP contribution < -0.4 is 15.1 Å². The summed E-state index contributed by atoms with van der Waals surface area (Å²) >= 11 is 7.50. The van der Waals surface area contributed by atoms with Crippen molar-refractivity contribution in [2.45, 2.75) is 6.54 Å². The highest BCUT2D eigenvalue weighted by molar-refractivity contribution is 7.13. The van der Waals surface area contributed by atoms with E-state index in [9.17, 15) is 4.79 Å². The Labute approximate surface area is 173 Å². The van der Waals surface area contributed by atoms with E-state index in [4.69, 9.17) is 11.6 Å². The van der Waals surface area contributed by atoms with E-state index >= 15 is 0 Å². The summed E-state index contributed by atoms with van der Waals surface area (Å²) in [5.74, 6) is -0.133. The first kappa shape index (κ1) is 18.8. The SMILES string of the molecule is O=C(NCc1ccccc1)c1csc(N2CCN(c3ccc(Cl)cc3)CC2)n1. The lowest BCUT2D eigenvalue weighted by Gasteiger charge is -2.36. The lowest BCUT2D eigenvalue weighted by molar-refractivity contribution is 0.0946. The van der Waals surface area contributed by atoms with E-state index in [2.05, 4.69) is 32.2 Å². The fraction of sp³-hybridized carbons (Fsp3) is 0.238. The van der Waals surface area contributed by atoms with E-state index in [1.54, 1.807) is 0 Å². The van der Waals surface area contributed by atoms with Gasteiger partial charge in [0.05, 0.1) is 0 Å². The van der Waals surface area contributed by atoms with Gasteiger partial charge in [0.25, 0.3) is 5.91 Å². The fourth-order valence-electron chi connectivity index (χ4n) is 3.19. The van der Waals surface area contributed by atoms with Crippen LogP contribution in [0.5, 0.6) is 0 Å². The second-order valence-corrected chi connectivity index (χ2v) is 7.91. The molecule has 0 radical (unpaired) electrons. The molecule has 2 aromatic carbocycles. The Bertz CT molecular complexity index is 921. The van der Waals surface area contributed by atoms with Gasteiger partial charge in [0.1, 0.15) is 5.69 Å². The molecule has 1 aliphatic rings. The number of benzene rings is 2. The number of anilines is 2. The number of aromatic nitrogens is 1. The van der Waals surface area contributed by atoms with Crippen LogP contribution in [0.25, 0.3) is 0 Å². The number of thiazole rings is 1. The molecule has 4 rings (SSSR count). The summed E-state index contributed by atoms with van der Waals surface area (Å²) in [5.41, 5.74) is 2.74. The van der Waals surface area contributed by atoms with Crippen LogP contribution in [0.3, 0.4) is 0 Å². The molecule has 0 spiro atoms. The van der Waals surface area contributed by atoms with Gasteiger partial charge < -0.3 is 15.1 Å². The molecule has 0 saturated carbocycles. The number of carbonyl (C=O) groups is 1. The maximum absolute atomic E-state index is 12.4. The van der Waals surface area contributed by atoms with Crippen molar-refractivity contribution in [1.29, 1.82) is 0 Å². The van der Waals surface area contributed by atoms with Crippen molar-refractivity contribution in [3.63, 3.8) is 0 Å². The quantitative estimate of drug-likeness (QED) is 0.686. The molecule has 1 saturated heterocycles. The molecule has 0 bridgehead atoms. The van der Waals surface area contributed by atoms with Crippen molar-refractivity contribution in [3.05, 3.63) is 76.3 Å². The standard InChI is InChI=1S/C21H21ClN4OS/c22-17-6-8-18(9-7-17)25-10-12-26(13-11-25)21-24-19(15-28-21)20(27)23-14-16-4-2-1-3-5-16/h1-9,15H,10-14H2,(H,23,27). The summed E-state index contributed by atoms with van der Waals surface area (Å²) in [5, 5.41) is 6.42. The number of hydrogen-bond acceptors (Lipinski definition) is 5. The third-order valence-electron chi connectivity index (χ3n) is 4.76. The fourth-order valence-corrected chi connectivity index (χ4v) is 4.18. The average molecular weight is 413 g/mol. The number of rotatable bonds is 5. The first-order chi connectivity index (χ1) is 13.7. The number of hydrogen-bond donors (Lipinski definition) is 1. The topological polar surface area (TPSA) is 48.5 Å². The molecule has 1 amide bonds. The largest absolute Gasteiger partial charge is 0.368 e. The van der Waals surface area contributed by atoms with Crippen molar-refractivity contribution < 1.29 is 4.79 Å². The van der Waals surface area contributed by atoms with Crippen LogP contribution in [-0.4, -0.2) is 37.1 Å². The zero-order valence-corrected chi connectivity index (χ0v) is 16.9. The van der Waals surface area contributed by atoms with E-state index < -0.39 is 0 Å². The number of piperazine rings is 1. The van der Waals surface area contributed by atoms with Gasteiger partial charge in [-0.05, 0) is 29.8 Å². The Morgan fingerprint density at radius 2 is 1.68 bits per heavy atom. The monoisotopic (exact) mass is 412 g/mol. The molecule has 3 aromatic rings.